The highest BCUT2D eigenvalue weighted by atomic mass is 16.5. The molecular formula is C20H31N3O2. The van der Waals surface area contributed by atoms with Crippen LogP contribution in [0.3, 0.4) is 0 Å². The van der Waals surface area contributed by atoms with Gasteiger partial charge in [0.2, 0.25) is 0 Å². The van der Waals surface area contributed by atoms with Gasteiger partial charge in [-0.25, -0.2) is 4.79 Å². The average molecular weight is 345 g/mol. The highest BCUT2D eigenvalue weighted by Crippen LogP contribution is 2.31. The van der Waals surface area contributed by atoms with E-state index in [1.54, 1.807) is 0 Å². The van der Waals surface area contributed by atoms with Gasteiger partial charge in [0.25, 0.3) is 0 Å². The first-order chi connectivity index (χ1) is 12.2. The van der Waals surface area contributed by atoms with Crippen LogP contribution < -0.4 is 15.4 Å². The lowest BCUT2D eigenvalue weighted by atomic mass is 9.99. The molecule has 0 aromatic heterocycles. The Balaban J connectivity index is 1.31. The molecule has 5 nitrogen and oxygen atoms in total. The standard InChI is InChI=1S/C20H31N3O2/c1-16-8-13-23(14-9-16)12-5-4-11-21-20(24)22-18-10-15-25-19-7-3-2-6-17(18)19/h2-3,6-7,16,18H,4-5,8-15H2,1H3,(H2,21,22,24). The minimum atomic E-state index is -0.0755. The lowest BCUT2D eigenvalue weighted by Crippen LogP contribution is -2.40. The maximum absolute atomic E-state index is 12.1. The predicted molar refractivity (Wildman–Crippen MR) is 99.9 cm³/mol. The number of amides is 2. The monoisotopic (exact) mass is 345 g/mol. The molecule has 1 saturated heterocycles. The average Bonchev–Trinajstić information content (AvgIpc) is 2.63. The van der Waals surface area contributed by atoms with Crippen molar-refractivity contribution in [2.24, 2.45) is 5.92 Å². The molecule has 1 aromatic carbocycles. The summed E-state index contributed by atoms with van der Waals surface area (Å²) >= 11 is 0. The fourth-order valence-electron chi connectivity index (χ4n) is 3.65. The maximum Gasteiger partial charge on any atom is 0.315 e. The van der Waals surface area contributed by atoms with Crippen molar-refractivity contribution in [1.29, 1.82) is 0 Å². The molecular weight excluding hydrogens is 314 g/mol. The number of carbonyl (C=O) groups excluding carboxylic acids is 1. The summed E-state index contributed by atoms with van der Waals surface area (Å²) in [5, 5.41) is 6.08. The number of likely N-dealkylation sites (tertiary alicyclic amines) is 1. The molecule has 2 aliphatic rings. The van der Waals surface area contributed by atoms with E-state index in [4.69, 9.17) is 4.74 Å². The quantitative estimate of drug-likeness (QED) is 0.778. The molecule has 2 aliphatic heterocycles. The number of benzene rings is 1. The largest absolute Gasteiger partial charge is 0.493 e. The van der Waals surface area contributed by atoms with E-state index in [-0.39, 0.29) is 12.1 Å². The van der Waals surface area contributed by atoms with Crippen molar-refractivity contribution in [3.63, 3.8) is 0 Å². The Bertz CT molecular complexity index is 556. The van der Waals surface area contributed by atoms with Crippen LogP contribution in [-0.2, 0) is 0 Å². The number of nitrogens with one attached hydrogen (secondary N) is 2. The number of piperidine rings is 1. The van der Waals surface area contributed by atoms with E-state index >= 15 is 0 Å². The molecule has 0 aliphatic carbocycles. The van der Waals surface area contributed by atoms with Crippen molar-refractivity contribution in [2.75, 3.05) is 32.8 Å². The molecule has 138 valence electrons. The van der Waals surface area contributed by atoms with Crippen LogP contribution in [0.5, 0.6) is 5.75 Å². The molecule has 1 aromatic rings. The Hall–Kier alpha value is -1.75. The van der Waals surface area contributed by atoms with E-state index in [1.165, 1.54) is 25.9 Å². The van der Waals surface area contributed by atoms with Gasteiger partial charge in [-0.3, -0.25) is 0 Å². The number of hydrogen-bond donors (Lipinski definition) is 2. The van der Waals surface area contributed by atoms with Crippen molar-refractivity contribution in [2.45, 2.75) is 45.1 Å². The molecule has 1 atom stereocenters. The number of nitrogens with zero attached hydrogens (tertiary/aromatic N) is 1. The van der Waals surface area contributed by atoms with Gasteiger partial charge in [-0.2, -0.15) is 0 Å². The van der Waals surface area contributed by atoms with Crippen LogP contribution in [0.2, 0.25) is 0 Å². The smallest absolute Gasteiger partial charge is 0.315 e. The summed E-state index contributed by atoms with van der Waals surface area (Å²) < 4.78 is 5.64. The van der Waals surface area contributed by atoms with Crippen molar-refractivity contribution in [3.8, 4) is 5.75 Å². The second-order valence-electron chi connectivity index (χ2n) is 7.36. The van der Waals surface area contributed by atoms with E-state index in [0.717, 1.165) is 49.6 Å². The molecule has 2 heterocycles. The van der Waals surface area contributed by atoms with Gasteiger partial charge in [0.1, 0.15) is 5.75 Å². The van der Waals surface area contributed by atoms with Crippen LogP contribution >= 0.6 is 0 Å². The summed E-state index contributed by atoms with van der Waals surface area (Å²) in [7, 11) is 0. The normalized spacial score (nSPS) is 21.2. The predicted octanol–water partition coefficient (Wildman–Crippen LogP) is 3.32. The van der Waals surface area contributed by atoms with Gasteiger partial charge in [-0.15, -0.1) is 0 Å². The first kappa shape index (κ1) is 18.1. The summed E-state index contributed by atoms with van der Waals surface area (Å²) in [6.45, 7) is 7.36. The minimum Gasteiger partial charge on any atom is -0.493 e. The lowest BCUT2D eigenvalue weighted by molar-refractivity contribution is 0.189. The highest BCUT2D eigenvalue weighted by molar-refractivity contribution is 5.74. The summed E-state index contributed by atoms with van der Waals surface area (Å²) in [6, 6.07) is 7.90. The second-order valence-corrected chi connectivity index (χ2v) is 7.36. The first-order valence-electron chi connectivity index (χ1n) is 9.71. The fourth-order valence-corrected chi connectivity index (χ4v) is 3.65. The molecule has 2 N–H and O–H groups in total. The van der Waals surface area contributed by atoms with Gasteiger partial charge in [0.15, 0.2) is 0 Å². The third-order valence-corrected chi connectivity index (χ3v) is 5.33. The summed E-state index contributed by atoms with van der Waals surface area (Å²) in [6.07, 6.45) is 5.65. The number of fused-ring (bicyclic) bond motifs is 1. The van der Waals surface area contributed by atoms with Crippen LogP contribution in [0.1, 0.15) is 50.6 Å². The Morgan fingerprint density at radius 2 is 2.00 bits per heavy atom. The molecule has 0 bridgehead atoms. The van der Waals surface area contributed by atoms with Gasteiger partial charge in [0, 0.05) is 18.5 Å². The molecule has 5 heteroatoms. The van der Waals surface area contributed by atoms with Crippen molar-refractivity contribution < 1.29 is 9.53 Å². The third kappa shape index (κ3) is 5.36. The Morgan fingerprint density at radius 3 is 2.84 bits per heavy atom. The topological polar surface area (TPSA) is 53.6 Å². The SMILES string of the molecule is CC1CCN(CCCCNC(=O)NC2CCOc3ccccc32)CC1. The zero-order chi connectivity index (χ0) is 17.5. The maximum atomic E-state index is 12.1. The molecule has 3 rings (SSSR count). The summed E-state index contributed by atoms with van der Waals surface area (Å²) in [5.41, 5.74) is 1.07. The van der Waals surface area contributed by atoms with Crippen LogP contribution in [-0.4, -0.2) is 43.7 Å². The van der Waals surface area contributed by atoms with Gasteiger partial charge < -0.3 is 20.3 Å². The zero-order valence-corrected chi connectivity index (χ0v) is 15.3. The number of ether oxygens (including phenoxy) is 1. The Kier molecular flexibility index (Phi) is 6.56. The molecule has 1 fully saturated rings. The van der Waals surface area contributed by atoms with E-state index in [1.807, 2.05) is 24.3 Å². The Labute approximate surface area is 151 Å². The summed E-state index contributed by atoms with van der Waals surface area (Å²) in [5.74, 6) is 1.77. The Morgan fingerprint density at radius 1 is 1.20 bits per heavy atom. The lowest BCUT2D eigenvalue weighted by Gasteiger charge is -2.30. The summed E-state index contributed by atoms with van der Waals surface area (Å²) in [4.78, 5) is 14.7. The number of para-hydroxylation sites is 1. The first-order valence-corrected chi connectivity index (χ1v) is 9.71. The molecule has 0 saturated carbocycles. The van der Waals surface area contributed by atoms with Gasteiger partial charge >= 0.3 is 6.03 Å². The van der Waals surface area contributed by atoms with E-state index in [9.17, 15) is 4.79 Å². The second kappa shape index (κ2) is 9.09. The molecule has 25 heavy (non-hydrogen) atoms. The number of rotatable bonds is 6. The molecule has 1 unspecified atom stereocenters. The van der Waals surface area contributed by atoms with Gasteiger partial charge in [0.05, 0.1) is 12.6 Å². The van der Waals surface area contributed by atoms with E-state index in [2.05, 4.69) is 22.5 Å². The molecule has 2 amide bonds. The third-order valence-electron chi connectivity index (χ3n) is 5.33. The number of urea groups is 1. The van der Waals surface area contributed by atoms with Crippen LogP contribution in [0, 0.1) is 5.92 Å². The highest BCUT2D eigenvalue weighted by Gasteiger charge is 2.22. The van der Waals surface area contributed by atoms with E-state index in [0.29, 0.717) is 6.61 Å². The van der Waals surface area contributed by atoms with Crippen LogP contribution in [0.25, 0.3) is 0 Å². The molecule has 0 radical (unpaired) electrons. The van der Waals surface area contributed by atoms with E-state index < -0.39 is 0 Å². The number of unbranched alkanes of at least 4 members (excludes halogenated alkanes) is 1. The number of carbonyl (C=O) groups is 1. The van der Waals surface area contributed by atoms with Crippen LogP contribution in [0.4, 0.5) is 4.79 Å². The minimum absolute atomic E-state index is 0.0419. The fraction of sp³-hybridized carbons (Fsp3) is 0.650. The molecule has 0 spiro atoms. The number of hydrogen-bond acceptors (Lipinski definition) is 3. The van der Waals surface area contributed by atoms with Crippen molar-refractivity contribution in [3.05, 3.63) is 29.8 Å². The van der Waals surface area contributed by atoms with Crippen molar-refractivity contribution >= 4 is 6.03 Å². The van der Waals surface area contributed by atoms with Crippen molar-refractivity contribution in [1.82, 2.24) is 15.5 Å². The van der Waals surface area contributed by atoms with Gasteiger partial charge in [-0.05, 0) is 57.3 Å². The zero-order valence-electron chi connectivity index (χ0n) is 15.3. The van der Waals surface area contributed by atoms with Crippen LogP contribution in [0.15, 0.2) is 24.3 Å². The van der Waals surface area contributed by atoms with Gasteiger partial charge in [-0.1, -0.05) is 25.1 Å².